The third-order valence-electron chi connectivity index (χ3n) is 2.76. The number of halogens is 2. The second kappa shape index (κ2) is 4.96. The van der Waals surface area contributed by atoms with E-state index in [0.717, 1.165) is 0 Å². The first-order chi connectivity index (χ1) is 8.54. The lowest BCUT2D eigenvalue weighted by molar-refractivity contribution is 0.405. The van der Waals surface area contributed by atoms with Gasteiger partial charge in [-0.2, -0.15) is 5.10 Å². The van der Waals surface area contributed by atoms with Crippen molar-refractivity contribution >= 4 is 11.6 Å². The van der Waals surface area contributed by atoms with Crippen molar-refractivity contribution in [1.29, 1.82) is 0 Å². The van der Waals surface area contributed by atoms with Gasteiger partial charge in [-0.25, -0.2) is 4.39 Å². The predicted molar refractivity (Wildman–Crippen MR) is 67.2 cm³/mol. The minimum atomic E-state index is -0.662. The fraction of sp³-hybridized carbons (Fsp3) is 0.250. The van der Waals surface area contributed by atoms with Crippen molar-refractivity contribution in [3.05, 3.63) is 46.5 Å². The zero-order valence-corrected chi connectivity index (χ0v) is 10.8. The van der Waals surface area contributed by atoms with Crippen LogP contribution in [0.3, 0.4) is 0 Å². The van der Waals surface area contributed by atoms with Crippen molar-refractivity contribution in [1.82, 2.24) is 9.78 Å². The normalized spacial score (nSPS) is 12.5. The molecule has 18 heavy (non-hydrogen) atoms. The van der Waals surface area contributed by atoms with E-state index < -0.39 is 11.9 Å². The molecular weight excluding hydrogens is 257 g/mol. The fourth-order valence-corrected chi connectivity index (χ4v) is 2.00. The van der Waals surface area contributed by atoms with Crippen molar-refractivity contribution in [3.8, 4) is 5.75 Å². The smallest absolute Gasteiger partial charge is 0.161 e. The Balaban J connectivity index is 2.47. The van der Waals surface area contributed by atoms with Gasteiger partial charge < -0.3 is 10.5 Å². The van der Waals surface area contributed by atoms with Crippen LogP contribution < -0.4 is 10.5 Å². The van der Waals surface area contributed by atoms with Gasteiger partial charge in [-0.05, 0) is 12.1 Å². The Morgan fingerprint density at radius 2 is 2.22 bits per heavy atom. The summed E-state index contributed by atoms with van der Waals surface area (Å²) < 4.78 is 20.6. The average molecular weight is 270 g/mol. The predicted octanol–water partition coefficient (Wildman–Crippen LogP) is 2.27. The number of benzene rings is 1. The highest BCUT2D eigenvalue weighted by atomic mass is 35.5. The Morgan fingerprint density at radius 1 is 1.50 bits per heavy atom. The molecule has 4 nitrogen and oxygen atoms in total. The molecule has 1 unspecified atom stereocenters. The van der Waals surface area contributed by atoms with Gasteiger partial charge in [-0.15, -0.1) is 0 Å². The summed E-state index contributed by atoms with van der Waals surface area (Å²) in [5.41, 5.74) is 7.02. The highest BCUT2D eigenvalue weighted by Gasteiger charge is 2.21. The summed E-state index contributed by atoms with van der Waals surface area (Å²) in [6, 6.07) is 3.74. The number of nitrogens with two attached hydrogens (primary N) is 1. The molecule has 0 aliphatic carbocycles. The molecule has 0 saturated carbocycles. The van der Waals surface area contributed by atoms with Crippen LogP contribution in [0.15, 0.2) is 24.4 Å². The molecule has 1 heterocycles. The molecule has 0 aliphatic rings. The average Bonchev–Trinajstić information content (AvgIpc) is 2.69. The molecule has 0 amide bonds. The van der Waals surface area contributed by atoms with Crippen molar-refractivity contribution in [2.45, 2.75) is 6.04 Å². The first-order valence-electron chi connectivity index (χ1n) is 5.31. The van der Waals surface area contributed by atoms with E-state index in [2.05, 4.69) is 5.10 Å². The molecule has 2 aromatic rings. The minimum absolute atomic E-state index is 0.334. The van der Waals surface area contributed by atoms with Crippen LogP contribution in [0.5, 0.6) is 5.75 Å². The zero-order valence-electron chi connectivity index (χ0n) is 10.0. The van der Waals surface area contributed by atoms with Gasteiger partial charge in [0, 0.05) is 17.6 Å². The van der Waals surface area contributed by atoms with E-state index in [4.69, 9.17) is 22.1 Å². The molecule has 0 fully saturated rings. The van der Waals surface area contributed by atoms with Crippen LogP contribution in [0.2, 0.25) is 5.02 Å². The van der Waals surface area contributed by atoms with Crippen LogP contribution in [-0.4, -0.2) is 16.9 Å². The zero-order chi connectivity index (χ0) is 13.3. The number of rotatable bonds is 3. The molecule has 1 aromatic carbocycles. The Kier molecular flexibility index (Phi) is 3.54. The highest BCUT2D eigenvalue weighted by Crippen LogP contribution is 2.29. The standard InChI is InChI=1S/C12H13ClFN3O/c1-17-12(10(18-2)6-16-17)11(15)8-4-3-7(13)5-9(8)14/h3-6,11H,15H2,1-2H3. The minimum Gasteiger partial charge on any atom is -0.493 e. The monoisotopic (exact) mass is 269 g/mol. The van der Waals surface area contributed by atoms with E-state index in [0.29, 0.717) is 22.0 Å². The molecule has 2 rings (SSSR count). The molecule has 0 bridgehead atoms. The van der Waals surface area contributed by atoms with Crippen LogP contribution in [0.25, 0.3) is 0 Å². The molecule has 0 saturated heterocycles. The van der Waals surface area contributed by atoms with Gasteiger partial charge in [-0.1, -0.05) is 17.7 Å². The van der Waals surface area contributed by atoms with E-state index in [-0.39, 0.29) is 0 Å². The molecule has 1 aromatic heterocycles. The van der Waals surface area contributed by atoms with Gasteiger partial charge in [0.25, 0.3) is 0 Å². The van der Waals surface area contributed by atoms with Crippen molar-refractivity contribution in [2.24, 2.45) is 12.8 Å². The van der Waals surface area contributed by atoms with Crippen molar-refractivity contribution < 1.29 is 9.13 Å². The Hall–Kier alpha value is -1.59. The van der Waals surface area contributed by atoms with Gasteiger partial charge in [0.05, 0.1) is 19.3 Å². The summed E-state index contributed by atoms with van der Waals surface area (Å²) in [6.07, 6.45) is 1.54. The Morgan fingerprint density at radius 3 is 2.83 bits per heavy atom. The van der Waals surface area contributed by atoms with Crippen LogP contribution in [0, 0.1) is 5.82 Å². The summed E-state index contributed by atoms with van der Waals surface area (Å²) in [4.78, 5) is 0. The van der Waals surface area contributed by atoms with Crippen LogP contribution in [-0.2, 0) is 7.05 Å². The maximum atomic E-state index is 13.8. The van der Waals surface area contributed by atoms with Crippen LogP contribution in [0.4, 0.5) is 4.39 Å². The molecule has 96 valence electrons. The molecule has 1 atom stereocenters. The second-order valence-corrected chi connectivity index (χ2v) is 4.30. The van der Waals surface area contributed by atoms with E-state index in [9.17, 15) is 4.39 Å². The topological polar surface area (TPSA) is 53.1 Å². The SMILES string of the molecule is COc1cnn(C)c1C(N)c1ccc(Cl)cc1F. The van der Waals surface area contributed by atoms with Gasteiger partial charge in [0.1, 0.15) is 11.5 Å². The number of aromatic nitrogens is 2. The lowest BCUT2D eigenvalue weighted by Crippen LogP contribution is -2.18. The summed E-state index contributed by atoms with van der Waals surface area (Å²) in [5.74, 6) is 0.0811. The summed E-state index contributed by atoms with van der Waals surface area (Å²) in [5, 5.41) is 4.38. The number of ether oxygens (including phenoxy) is 1. The molecule has 6 heteroatoms. The molecule has 0 aliphatic heterocycles. The van der Waals surface area contributed by atoms with Gasteiger partial charge in [0.15, 0.2) is 5.75 Å². The van der Waals surface area contributed by atoms with Crippen LogP contribution in [0.1, 0.15) is 17.3 Å². The Bertz CT molecular complexity index is 570. The summed E-state index contributed by atoms with van der Waals surface area (Å²) in [6.45, 7) is 0. The summed E-state index contributed by atoms with van der Waals surface area (Å²) in [7, 11) is 3.25. The van der Waals surface area contributed by atoms with Crippen molar-refractivity contribution in [2.75, 3.05) is 7.11 Å². The van der Waals surface area contributed by atoms with E-state index in [1.165, 1.54) is 13.2 Å². The van der Waals surface area contributed by atoms with E-state index in [1.807, 2.05) is 0 Å². The quantitative estimate of drug-likeness (QED) is 0.930. The third-order valence-corrected chi connectivity index (χ3v) is 3.00. The maximum Gasteiger partial charge on any atom is 0.161 e. The largest absolute Gasteiger partial charge is 0.493 e. The first kappa shape index (κ1) is 12.9. The summed E-state index contributed by atoms with van der Waals surface area (Å²) >= 11 is 5.71. The molecule has 0 radical (unpaired) electrons. The fourth-order valence-electron chi connectivity index (χ4n) is 1.84. The van der Waals surface area contributed by atoms with E-state index >= 15 is 0 Å². The lowest BCUT2D eigenvalue weighted by Gasteiger charge is -2.15. The second-order valence-electron chi connectivity index (χ2n) is 3.87. The molecular formula is C12H13ClFN3O. The van der Waals surface area contributed by atoms with Gasteiger partial charge >= 0.3 is 0 Å². The number of nitrogens with zero attached hydrogens (tertiary/aromatic N) is 2. The molecule has 2 N–H and O–H groups in total. The third kappa shape index (κ3) is 2.19. The highest BCUT2D eigenvalue weighted by molar-refractivity contribution is 6.30. The van der Waals surface area contributed by atoms with Gasteiger partial charge in [-0.3, -0.25) is 4.68 Å². The Labute approximate surface area is 109 Å². The molecule has 0 spiro atoms. The number of aryl methyl sites for hydroxylation is 1. The number of hydrogen-bond donors (Lipinski definition) is 1. The van der Waals surface area contributed by atoms with Gasteiger partial charge in [0.2, 0.25) is 0 Å². The number of methoxy groups -OCH3 is 1. The lowest BCUT2D eigenvalue weighted by atomic mass is 10.0. The number of hydrogen-bond acceptors (Lipinski definition) is 3. The maximum absolute atomic E-state index is 13.8. The van der Waals surface area contributed by atoms with Crippen molar-refractivity contribution in [3.63, 3.8) is 0 Å². The van der Waals surface area contributed by atoms with Crippen LogP contribution >= 0.6 is 11.6 Å². The first-order valence-corrected chi connectivity index (χ1v) is 5.68. The van der Waals surface area contributed by atoms with E-state index in [1.54, 1.807) is 30.1 Å².